The van der Waals surface area contributed by atoms with Crippen LogP contribution in [0.5, 0.6) is 0 Å². The van der Waals surface area contributed by atoms with Crippen molar-refractivity contribution in [2.75, 3.05) is 36.8 Å². The first-order valence-electron chi connectivity index (χ1n) is 8.28. The Balaban J connectivity index is 1.82. The van der Waals surface area contributed by atoms with Gasteiger partial charge in [0.2, 0.25) is 11.1 Å². The van der Waals surface area contributed by atoms with E-state index in [2.05, 4.69) is 30.4 Å². The monoisotopic (exact) mass is 393 g/mol. The van der Waals surface area contributed by atoms with E-state index in [1.165, 1.54) is 27.7 Å². The SMILES string of the molecule is CCn1c(N2CCNCC2)nc2nc(Sc3nnc(N)s3)n(C)c(=O)c21. The number of nitrogen functional groups attached to an aromatic ring is 1. The molecule has 10 nitrogen and oxygen atoms in total. The molecule has 26 heavy (non-hydrogen) atoms. The molecule has 3 N–H and O–H groups in total. The second kappa shape index (κ2) is 6.85. The number of aryl methyl sites for hydroxylation is 1. The van der Waals surface area contributed by atoms with Crippen LogP contribution < -0.4 is 21.5 Å². The minimum absolute atomic E-state index is 0.120. The van der Waals surface area contributed by atoms with Crippen molar-refractivity contribution in [1.82, 2.24) is 34.6 Å². The number of hydrogen-bond donors (Lipinski definition) is 2. The second-order valence-electron chi connectivity index (χ2n) is 5.83. The predicted molar refractivity (Wildman–Crippen MR) is 102 cm³/mol. The van der Waals surface area contributed by atoms with E-state index in [4.69, 9.17) is 5.73 Å². The van der Waals surface area contributed by atoms with Crippen LogP contribution in [-0.2, 0) is 13.6 Å². The summed E-state index contributed by atoms with van der Waals surface area (Å²) in [6, 6.07) is 0. The van der Waals surface area contributed by atoms with Gasteiger partial charge in [-0.05, 0) is 18.7 Å². The van der Waals surface area contributed by atoms with Crippen LogP contribution in [0.15, 0.2) is 14.3 Å². The highest BCUT2D eigenvalue weighted by molar-refractivity contribution is 8.00. The van der Waals surface area contributed by atoms with Crippen molar-refractivity contribution in [3.63, 3.8) is 0 Å². The smallest absolute Gasteiger partial charge is 0.280 e. The highest BCUT2D eigenvalue weighted by Gasteiger charge is 2.23. The maximum atomic E-state index is 13.0. The zero-order valence-electron chi connectivity index (χ0n) is 14.5. The van der Waals surface area contributed by atoms with Gasteiger partial charge in [-0.25, -0.2) is 4.98 Å². The summed E-state index contributed by atoms with van der Waals surface area (Å²) in [7, 11) is 1.71. The number of piperazine rings is 1. The Morgan fingerprint density at radius 2 is 2.04 bits per heavy atom. The summed E-state index contributed by atoms with van der Waals surface area (Å²) in [5, 5.41) is 12.0. The minimum atomic E-state index is -0.120. The Morgan fingerprint density at radius 1 is 1.27 bits per heavy atom. The first-order valence-corrected chi connectivity index (χ1v) is 9.91. The molecule has 12 heteroatoms. The fourth-order valence-electron chi connectivity index (χ4n) is 2.97. The number of nitrogens with zero attached hydrogens (tertiary/aromatic N) is 7. The first-order chi connectivity index (χ1) is 12.6. The van der Waals surface area contributed by atoms with Gasteiger partial charge in [0.1, 0.15) is 0 Å². The van der Waals surface area contributed by atoms with Crippen LogP contribution in [0.25, 0.3) is 11.2 Å². The van der Waals surface area contributed by atoms with E-state index >= 15 is 0 Å². The van der Waals surface area contributed by atoms with Gasteiger partial charge in [0.25, 0.3) is 5.56 Å². The standard InChI is InChI=1S/C14H19N9OS2/c1-3-23-8-9(17-12(23)22-6-4-16-5-7-22)18-13(21(2)10(8)24)26-14-20-19-11(15)25-14/h16H,3-7H2,1-2H3,(H2,15,19). The summed E-state index contributed by atoms with van der Waals surface area (Å²) in [5.74, 6) is 0.802. The van der Waals surface area contributed by atoms with E-state index in [-0.39, 0.29) is 5.56 Å². The van der Waals surface area contributed by atoms with E-state index < -0.39 is 0 Å². The molecule has 4 rings (SSSR count). The number of fused-ring (bicyclic) bond motifs is 1. The molecule has 0 amide bonds. The zero-order valence-corrected chi connectivity index (χ0v) is 16.1. The van der Waals surface area contributed by atoms with Crippen LogP contribution in [0.4, 0.5) is 11.1 Å². The van der Waals surface area contributed by atoms with Gasteiger partial charge >= 0.3 is 0 Å². The van der Waals surface area contributed by atoms with Crippen molar-refractivity contribution in [1.29, 1.82) is 0 Å². The van der Waals surface area contributed by atoms with Crippen LogP contribution in [0.1, 0.15) is 6.92 Å². The van der Waals surface area contributed by atoms with Gasteiger partial charge in [0.15, 0.2) is 20.7 Å². The molecular formula is C14H19N9OS2. The average molecular weight is 394 g/mol. The third-order valence-electron chi connectivity index (χ3n) is 4.24. The van der Waals surface area contributed by atoms with Crippen LogP contribution in [-0.4, -0.2) is 55.5 Å². The van der Waals surface area contributed by atoms with Crippen LogP contribution in [0.3, 0.4) is 0 Å². The highest BCUT2D eigenvalue weighted by Crippen LogP contribution is 2.30. The van der Waals surface area contributed by atoms with E-state index in [1.54, 1.807) is 7.05 Å². The Bertz CT molecular complexity index is 1000. The summed E-state index contributed by atoms with van der Waals surface area (Å²) < 4.78 is 4.12. The van der Waals surface area contributed by atoms with Crippen molar-refractivity contribution >= 4 is 45.3 Å². The van der Waals surface area contributed by atoms with Crippen LogP contribution >= 0.6 is 23.1 Å². The highest BCUT2D eigenvalue weighted by atomic mass is 32.2. The number of hydrogen-bond acceptors (Lipinski definition) is 10. The molecule has 0 unspecified atom stereocenters. The fourth-order valence-corrected chi connectivity index (χ4v) is 4.54. The number of imidazole rings is 1. The van der Waals surface area contributed by atoms with Crippen LogP contribution in [0, 0.1) is 0 Å². The Morgan fingerprint density at radius 3 is 2.69 bits per heavy atom. The molecule has 1 aliphatic heterocycles. The molecule has 0 bridgehead atoms. The minimum Gasteiger partial charge on any atom is -0.374 e. The van der Waals surface area contributed by atoms with Gasteiger partial charge in [-0.2, -0.15) is 4.98 Å². The third kappa shape index (κ3) is 2.93. The van der Waals surface area contributed by atoms with Gasteiger partial charge < -0.3 is 20.5 Å². The van der Waals surface area contributed by atoms with E-state index in [0.717, 1.165) is 32.1 Å². The summed E-state index contributed by atoms with van der Waals surface area (Å²) in [5.41, 5.74) is 6.50. The molecule has 0 saturated carbocycles. The first kappa shape index (κ1) is 17.2. The zero-order chi connectivity index (χ0) is 18.3. The number of anilines is 2. The molecule has 0 atom stereocenters. The van der Waals surface area contributed by atoms with Crippen molar-refractivity contribution < 1.29 is 0 Å². The second-order valence-corrected chi connectivity index (χ2v) is 8.06. The molecule has 0 radical (unpaired) electrons. The lowest BCUT2D eigenvalue weighted by Gasteiger charge is -2.28. The number of nitrogens with two attached hydrogens (primary N) is 1. The molecular weight excluding hydrogens is 374 g/mol. The number of nitrogens with one attached hydrogen (secondary N) is 1. The van der Waals surface area contributed by atoms with Crippen molar-refractivity contribution in [3.8, 4) is 0 Å². The summed E-state index contributed by atoms with van der Waals surface area (Å²) in [4.78, 5) is 24.5. The van der Waals surface area contributed by atoms with Crippen molar-refractivity contribution in [3.05, 3.63) is 10.4 Å². The average Bonchev–Trinajstić information content (AvgIpc) is 3.23. The van der Waals surface area contributed by atoms with Crippen LogP contribution in [0.2, 0.25) is 0 Å². The third-order valence-corrected chi connectivity index (χ3v) is 6.09. The van der Waals surface area contributed by atoms with E-state index in [1.807, 2.05) is 11.5 Å². The Kier molecular flexibility index (Phi) is 4.54. The maximum Gasteiger partial charge on any atom is 0.280 e. The fraction of sp³-hybridized carbons (Fsp3) is 0.500. The topological polar surface area (TPSA) is 120 Å². The van der Waals surface area contributed by atoms with Gasteiger partial charge in [-0.1, -0.05) is 11.3 Å². The van der Waals surface area contributed by atoms with Gasteiger partial charge in [-0.3, -0.25) is 9.36 Å². The Hall–Kier alpha value is -2.18. The van der Waals surface area contributed by atoms with E-state index in [0.29, 0.717) is 32.3 Å². The number of aromatic nitrogens is 6. The molecule has 1 saturated heterocycles. The molecule has 1 fully saturated rings. The van der Waals surface area contributed by atoms with Crippen molar-refractivity contribution in [2.24, 2.45) is 7.05 Å². The maximum absolute atomic E-state index is 13.0. The summed E-state index contributed by atoms with van der Waals surface area (Å²) >= 11 is 2.53. The number of rotatable bonds is 4. The lowest BCUT2D eigenvalue weighted by molar-refractivity contribution is 0.569. The molecule has 4 heterocycles. The molecule has 3 aromatic rings. The molecule has 138 valence electrons. The van der Waals surface area contributed by atoms with Gasteiger partial charge in [0, 0.05) is 39.8 Å². The predicted octanol–water partition coefficient (Wildman–Crippen LogP) is 0.144. The lowest BCUT2D eigenvalue weighted by Crippen LogP contribution is -2.44. The molecule has 1 aliphatic rings. The van der Waals surface area contributed by atoms with E-state index in [9.17, 15) is 4.79 Å². The van der Waals surface area contributed by atoms with Gasteiger partial charge in [-0.15, -0.1) is 10.2 Å². The molecule has 3 aromatic heterocycles. The normalized spacial score (nSPS) is 15.1. The molecule has 0 spiro atoms. The summed E-state index contributed by atoms with van der Waals surface area (Å²) in [6.45, 7) is 6.19. The summed E-state index contributed by atoms with van der Waals surface area (Å²) in [6.07, 6.45) is 0. The van der Waals surface area contributed by atoms with Crippen molar-refractivity contribution in [2.45, 2.75) is 23.0 Å². The van der Waals surface area contributed by atoms with Gasteiger partial charge in [0.05, 0.1) is 0 Å². The molecule has 0 aromatic carbocycles. The lowest BCUT2D eigenvalue weighted by atomic mass is 10.4. The Labute approximate surface area is 157 Å². The molecule has 0 aliphatic carbocycles. The largest absolute Gasteiger partial charge is 0.374 e. The quantitative estimate of drug-likeness (QED) is 0.597.